The molecular weight excluding hydrogens is 426 g/mol. The first-order valence-corrected chi connectivity index (χ1v) is 10.2. The van der Waals surface area contributed by atoms with Gasteiger partial charge in [0.05, 0.1) is 16.8 Å². The highest BCUT2D eigenvalue weighted by Gasteiger charge is 2.37. The smallest absolute Gasteiger partial charge is 0.264 e. The van der Waals surface area contributed by atoms with E-state index in [1.165, 1.54) is 16.7 Å². The van der Waals surface area contributed by atoms with Crippen LogP contribution in [-0.4, -0.2) is 9.97 Å². The number of aromatic nitrogens is 2. The van der Waals surface area contributed by atoms with Gasteiger partial charge in [0.15, 0.2) is 0 Å². The first kappa shape index (κ1) is 20.8. The van der Waals surface area contributed by atoms with Crippen molar-refractivity contribution in [3.8, 4) is 21.8 Å². The van der Waals surface area contributed by atoms with Gasteiger partial charge in [-0.3, -0.25) is 4.98 Å². The number of alkyl halides is 6. The van der Waals surface area contributed by atoms with E-state index in [-0.39, 0.29) is 17.3 Å². The van der Waals surface area contributed by atoms with E-state index < -0.39 is 23.5 Å². The Morgan fingerprint density at radius 1 is 0.900 bits per heavy atom. The van der Waals surface area contributed by atoms with Crippen molar-refractivity contribution in [2.24, 2.45) is 0 Å². The molecule has 0 atom stereocenters. The van der Waals surface area contributed by atoms with Crippen molar-refractivity contribution in [3.63, 3.8) is 0 Å². The summed E-state index contributed by atoms with van der Waals surface area (Å²) in [6.45, 7) is 0. The molecule has 1 aliphatic carbocycles. The van der Waals surface area contributed by atoms with Gasteiger partial charge >= 0.3 is 12.4 Å². The van der Waals surface area contributed by atoms with Crippen LogP contribution < -0.4 is 0 Å². The summed E-state index contributed by atoms with van der Waals surface area (Å²) in [6, 6.07) is 3.44. The van der Waals surface area contributed by atoms with Crippen molar-refractivity contribution in [1.82, 2.24) is 9.97 Å². The number of benzene rings is 1. The Morgan fingerprint density at radius 2 is 1.53 bits per heavy atom. The molecule has 158 valence electrons. The van der Waals surface area contributed by atoms with Crippen molar-refractivity contribution >= 4 is 11.3 Å². The summed E-state index contributed by atoms with van der Waals surface area (Å²) in [6.07, 6.45) is -2.12. The lowest BCUT2D eigenvalue weighted by molar-refractivity contribution is -0.143. The summed E-state index contributed by atoms with van der Waals surface area (Å²) < 4.78 is 78.9. The zero-order valence-electron chi connectivity index (χ0n) is 15.5. The third kappa shape index (κ3) is 4.21. The SMILES string of the molecule is FC(F)(F)c1cc(-c2csc(-c3cnccc3C3CCCC3)n2)cc(C(F)(F)F)c1. The predicted molar refractivity (Wildman–Crippen MR) is 102 cm³/mol. The van der Waals surface area contributed by atoms with Crippen LogP contribution in [0.3, 0.4) is 0 Å². The van der Waals surface area contributed by atoms with E-state index in [0.717, 1.165) is 36.8 Å². The third-order valence-corrected chi connectivity index (χ3v) is 6.14. The molecule has 0 unspecified atom stereocenters. The summed E-state index contributed by atoms with van der Waals surface area (Å²) in [5.74, 6) is 0.362. The second kappa shape index (κ2) is 7.68. The fourth-order valence-electron chi connectivity index (χ4n) is 3.81. The Kier molecular flexibility index (Phi) is 5.34. The molecule has 30 heavy (non-hydrogen) atoms. The van der Waals surface area contributed by atoms with Gasteiger partial charge < -0.3 is 0 Å². The Balaban J connectivity index is 1.77. The van der Waals surface area contributed by atoms with E-state index in [1.54, 1.807) is 12.4 Å². The van der Waals surface area contributed by atoms with Gasteiger partial charge in [-0.25, -0.2) is 4.98 Å². The average molecular weight is 442 g/mol. The van der Waals surface area contributed by atoms with Crippen molar-refractivity contribution in [3.05, 3.63) is 58.7 Å². The topological polar surface area (TPSA) is 25.8 Å². The van der Waals surface area contributed by atoms with Gasteiger partial charge in [-0.2, -0.15) is 26.3 Å². The Morgan fingerprint density at radius 3 is 2.13 bits per heavy atom. The monoisotopic (exact) mass is 442 g/mol. The lowest BCUT2D eigenvalue weighted by Crippen LogP contribution is -2.11. The van der Waals surface area contributed by atoms with E-state index in [1.807, 2.05) is 6.07 Å². The molecule has 2 heterocycles. The molecule has 1 fully saturated rings. The van der Waals surface area contributed by atoms with E-state index in [2.05, 4.69) is 9.97 Å². The number of thiazole rings is 1. The molecule has 2 aromatic heterocycles. The minimum Gasteiger partial charge on any atom is -0.264 e. The van der Waals surface area contributed by atoms with Crippen molar-refractivity contribution in [2.45, 2.75) is 44.0 Å². The van der Waals surface area contributed by atoms with Crippen LogP contribution in [-0.2, 0) is 12.4 Å². The molecule has 9 heteroatoms. The number of hydrogen-bond acceptors (Lipinski definition) is 3. The Labute approximate surface area is 172 Å². The molecular formula is C21H16F6N2S. The lowest BCUT2D eigenvalue weighted by atomic mass is 9.94. The number of hydrogen-bond donors (Lipinski definition) is 0. The van der Waals surface area contributed by atoms with Crippen LogP contribution >= 0.6 is 11.3 Å². The summed E-state index contributed by atoms with van der Waals surface area (Å²) in [5, 5.41) is 2.02. The summed E-state index contributed by atoms with van der Waals surface area (Å²) in [7, 11) is 0. The summed E-state index contributed by atoms with van der Waals surface area (Å²) in [4.78, 5) is 8.51. The lowest BCUT2D eigenvalue weighted by Gasteiger charge is -2.14. The normalized spacial score (nSPS) is 15.7. The molecule has 0 bridgehead atoms. The second-order valence-corrected chi connectivity index (χ2v) is 8.13. The van der Waals surface area contributed by atoms with Gasteiger partial charge in [0.25, 0.3) is 0 Å². The number of halogens is 6. The van der Waals surface area contributed by atoms with Crippen molar-refractivity contribution < 1.29 is 26.3 Å². The van der Waals surface area contributed by atoms with Crippen LogP contribution in [0.4, 0.5) is 26.3 Å². The van der Waals surface area contributed by atoms with Gasteiger partial charge in [0.1, 0.15) is 5.01 Å². The van der Waals surface area contributed by atoms with Crippen LogP contribution in [0, 0.1) is 0 Å². The molecule has 0 aliphatic heterocycles. The maximum absolute atomic E-state index is 13.2. The largest absolute Gasteiger partial charge is 0.416 e. The molecule has 0 saturated heterocycles. The Hall–Kier alpha value is -2.42. The molecule has 1 aliphatic rings. The molecule has 3 aromatic rings. The zero-order valence-corrected chi connectivity index (χ0v) is 16.3. The average Bonchev–Trinajstić information content (AvgIpc) is 3.38. The van der Waals surface area contributed by atoms with Crippen LogP contribution in [0.25, 0.3) is 21.8 Å². The van der Waals surface area contributed by atoms with Gasteiger partial charge in [-0.1, -0.05) is 12.8 Å². The van der Waals surface area contributed by atoms with Crippen LogP contribution in [0.2, 0.25) is 0 Å². The molecule has 1 aromatic carbocycles. The molecule has 1 saturated carbocycles. The van der Waals surface area contributed by atoms with Gasteiger partial charge in [-0.15, -0.1) is 11.3 Å². The summed E-state index contributed by atoms with van der Waals surface area (Å²) >= 11 is 1.18. The van der Waals surface area contributed by atoms with Crippen LogP contribution in [0.5, 0.6) is 0 Å². The molecule has 0 radical (unpaired) electrons. The van der Waals surface area contributed by atoms with Crippen LogP contribution in [0.1, 0.15) is 48.3 Å². The van der Waals surface area contributed by atoms with Crippen molar-refractivity contribution in [1.29, 1.82) is 0 Å². The predicted octanol–water partition coefficient (Wildman–Crippen LogP) is 7.57. The highest BCUT2D eigenvalue weighted by molar-refractivity contribution is 7.13. The Bertz CT molecular complexity index is 1020. The van der Waals surface area contributed by atoms with Crippen LogP contribution in [0.15, 0.2) is 42.0 Å². The van der Waals surface area contributed by atoms with Crippen molar-refractivity contribution in [2.75, 3.05) is 0 Å². The minimum atomic E-state index is -4.89. The standard InChI is InChI=1S/C21H16F6N2S/c22-20(23,24)14-7-13(8-15(9-14)21(25,26)27)18-11-30-19(29-18)17-10-28-6-5-16(17)12-3-1-2-4-12/h5-12H,1-4H2. The van der Waals surface area contributed by atoms with Gasteiger partial charge in [0, 0.05) is 28.9 Å². The number of pyridine rings is 1. The molecule has 0 spiro atoms. The quantitative estimate of drug-likeness (QED) is 0.391. The fourth-order valence-corrected chi connectivity index (χ4v) is 4.67. The van der Waals surface area contributed by atoms with Gasteiger partial charge in [0.2, 0.25) is 0 Å². The van der Waals surface area contributed by atoms with E-state index in [4.69, 9.17) is 0 Å². The van der Waals surface area contributed by atoms with E-state index >= 15 is 0 Å². The number of nitrogens with zero attached hydrogens (tertiary/aromatic N) is 2. The van der Waals surface area contributed by atoms with E-state index in [0.29, 0.717) is 23.1 Å². The maximum Gasteiger partial charge on any atom is 0.416 e. The first-order chi connectivity index (χ1) is 14.1. The molecule has 4 rings (SSSR count). The molecule has 2 nitrogen and oxygen atoms in total. The van der Waals surface area contributed by atoms with E-state index in [9.17, 15) is 26.3 Å². The molecule has 0 amide bonds. The second-order valence-electron chi connectivity index (χ2n) is 7.28. The highest BCUT2D eigenvalue weighted by atomic mass is 32.1. The minimum absolute atomic E-state index is 0.0767. The molecule has 0 N–H and O–H groups in total. The first-order valence-electron chi connectivity index (χ1n) is 9.32. The maximum atomic E-state index is 13.2. The van der Waals surface area contributed by atoms with Gasteiger partial charge in [-0.05, 0) is 48.6 Å². The fraction of sp³-hybridized carbons (Fsp3) is 0.333. The number of rotatable bonds is 3. The zero-order chi connectivity index (χ0) is 21.5. The third-order valence-electron chi connectivity index (χ3n) is 5.27. The highest BCUT2D eigenvalue weighted by Crippen LogP contribution is 2.42. The summed E-state index contributed by atoms with van der Waals surface area (Å²) in [5.41, 5.74) is -0.990.